The lowest BCUT2D eigenvalue weighted by molar-refractivity contribution is 1.13. The second-order valence-corrected chi connectivity index (χ2v) is 3.91. The maximum Gasteiger partial charge on any atom is 0.0692 e. The molecule has 0 bridgehead atoms. The number of thiol groups is 2. The van der Waals surface area contributed by atoms with Gasteiger partial charge >= 0.3 is 0 Å². The molecule has 0 N–H and O–H groups in total. The molecule has 0 aliphatic carbocycles. The van der Waals surface area contributed by atoms with Crippen LogP contribution in [0.4, 0.5) is 0 Å². The van der Waals surface area contributed by atoms with Gasteiger partial charge in [0.2, 0.25) is 0 Å². The smallest absolute Gasteiger partial charge is 0.0692 e. The molecule has 0 atom stereocenters. The third kappa shape index (κ3) is 2.46. The van der Waals surface area contributed by atoms with E-state index in [2.05, 4.69) is 56.4 Å². The van der Waals surface area contributed by atoms with Gasteiger partial charge in [0.15, 0.2) is 0 Å². The Morgan fingerprint density at radius 3 is 2.09 bits per heavy atom. The van der Waals surface area contributed by atoms with E-state index in [1.165, 1.54) is 5.56 Å². The zero-order valence-electron chi connectivity index (χ0n) is 6.49. The molecule has 0 radical (unpaired) electrons. The van der Waals surface area contributed by atoms with Crippen LogP contribution in [0, 0.1) is 0 Å². The Bertz CT molecular complexity index is 214. The minimum Gasteiger partial charge on any atom is -0.160 e. The first-order chi connectivity index (χ1) is 5.24. The molecule has 0 fully saturated rings. The molecule has 1 aromatic carbocycles. The topological polar surface area (TPSA) is 0 Å². The third-order valence-electron chi connectivity index (χ3n) is 1.69. The van der Waals surface area contributed by atoms with Gasteiger partial charge in [-0.2, -0.15) is 25.3 Å². The summed E-state index contributed by atoms with van der Waals surface area (Å²) in [6.45, 7) is 2.15. The first-order valence-corrected chi connectivity index (χ1v) is 4.72. The second-order valence-electron chi connectivity index (χ2n) is 2.47. The van der Waals surface area contributed by atoms with E-state index in [0.29, 0.717) is 0 Å². The molecule has 0 unspecified atom stereocenters. The normalized spacial score (nSPS) is 10.5. The van der Waals surface area contributed by atoms with Crippen molar-refractivity contribution in [3.05, 3.63) is 35.4 Å². The molecule has 0 heterocycles. The Kier molecular flexibility index (Phi) is 3.34. The Morgan fingerprint density at radius 1 is 1.18 bits per heavy atom. The number of rotatable bonds is 2. The van der Waals surface area contributed by atoms with Gasteiger partial charge < -0.3 is 0 Å². The van der Waals surface area contributed by atoms with Gasteiger partial charge in [-0.3, -0.25) is 0 Å². The number of aryl methyl sites for hydroxylation is 1. The van der Waals surface area contributed by atoms with Gasteiger partial charge in [0.05, 0.1) is 4.58 Å². The quantitative estimate of drug-likeness (QED) is 0.512. The van der Waals surface area contributed by atoms with Crippen LogP contribution < -0.4 is 0 Å². The van der Waals surface area contributed by atoms with Crippen LogP contribution in [0.1, 0.15) is 22.6 Å². The van der Waals surface area contributed by atoms with E-state index in [4.69, 9.17) is 0 Å². The molecular formula is C9H12S2. The highest BCUT2D eigenvalue weighted by atomic mass is 32.2. The summed E-state index contributed by atoms with van der Waals surface area (Å²) in [5.74, 6) is 0. The molecule has 0 aliphatic heterocycles. The van der Waals surface area contributed by atoms with E-state index in [9.17, 15) is 0 Å². The van der Waals surface area contributed by atoms with Crippen molar-refractivity contribution >= 4 is 25.3 Å². The molecule has 0 saturated carbocycles. The van der Waals surface area contributed by atoms with Crippen LogP contribution in [0.2, 0.25) is 0 Å². The van der Waals surface area contributed by atoms with Crippen molar-refractivity contribution in [1.29, 1.82) is 0 Å². The van der Waals surface area contributed by atoms with E-state index in [0.717, 1.165) is 12.0 Å². The highest BCUT2D eigenvalue weighted by molar-refractivity contribution is 7.98. The summed E-state index contributed by atoms with van der Waals surface area (Å²) in [6, 6.07) is 8.39. The number of hydrogen-bond acceptors (Lipinski definition) is 2. The number of hydrogen-bond donors (Lipinski definition) is 2. The third-order valence-corrected chi connectivity index (χ3v) is 2.28. The maximum atomic E-state index is 4.22. The van der Waals surface area contributed by atoms with Gasteiger partial charge in [-0.15, -0.1) is 0 Å². The molecule has 0 nitrogen and oxygen atoms in total. The number of benzene rings is 1. The molecule has 0 aromatic heterocycles. The highest BCUT2D eigenvalue weighted by Gasteiger charge is 1.98. The highest BCUT2D eigenvalue weighted by Crippen LogP contribution is 2.23. The van der Waals surface area contributed by atoms with Crippen molar-refractivity contribution in [2.24, 2.45) is 0 Å². The van der Waals surface area contributed by atoms with Crippen molar-refractivity contribution in [3.63, 3.8) is 0 Å². The standard InChI is InChI=1S/C9H12S2/c1-2-7-3-5-8(6-4-7)9(10)11/h3-6,9-11H,2H2,1H3. The van der Waals surface area contributed by atoms with E-state index in [1.54, 1.807) is 0 Å². The molecule has 2 heteroatoms. The van der Waals surface area contributed by atoms with Gasteiger partial charge in [0.1, 0.15) is 0 Å². The second kappa shape index (κ2) is 4.07. The summed E-state index contributed by atoms with van der Waals surface area (Å²) in [5, 5.41) is 0. The summed E-state index contributed by atoms with van der Waals surface area (Å²) >= 11 is 8.43. The van der Waals surface area contributed by atoms with Crippen LogP contribution in [0.3, 0.4) is 0 Å². The minimum absolute atomic E-state index is 0.0425. The predicted octanol–water partition coefficient (Wildman–Crippen LogP) is 3.11. The van der Waals surface area contributed by atoms with E-state index >= 15 is 0 Å². The van der Waals surface area contributed by atoms with Gasteiger partial charge in [-0.25, -0.2) is 0 Å². The molecule has 60 valence electrons. The van der Waals surface area contributed by atoms with Crippen LogP contribution in [0.15, 0.2) is 24.3 Å². The summed E-state index contributed by atoms with van der Waals surface area (Å²) in [5.41, 5.74) is 2.52. The van der Waals surface area contributed by atoms with Crippen molar-refractivity contribution in [3.8, 4) is 0 Å². The lowest BCUT2D eigenvalue weighted by Crippen LogP contribution is -1.83. The van der Waals surface area contributed by atoms with E-state index < -0.39 is 0 Å². The van der Waals surface area contributed by atoms with E-state index in [1.807, 2.05) is 0 Å². The molecule has 0 amide bonds. The molecule has 1 aromatic rings. The fourth-order valence-corrected chi connectivity index (χ4v) is 1.27. The van der Waals surface area contributed by atoms with Crippen molar-refractivity contribution in [2.75, 3.05) is 0 Å². The Labute approximate surface area is 78.8 Å². The molecule has 0 saturated heterocycles. The zero-order chi connectivity index (χ0) is 8.27. The molecular weight excluding hydrogens is 172 g/mol. The van der Waals surface area contributed by atoms with Crippen molar-refractivity contribution in [2.45, 2.75) is 17.9 Å². The molecule has 1 rings (SSSR count). The Balaban J connectivity index is 2.83. The SMILES string of the molecule is CCc1ccc(C(S)S)cc1. The van der Waals surface area contributed by atoms with Crippen LogP contribution in [0.5, 0.6) is 0 Å². The molecule has 11 heavy (non-hydrogen) atoms. The van der Waals surface area contributed by atoms with Crippen LogP contribution in [-0.4, -0.2) is 0 Å². The first-order valence-electron chi connectivity index (χ1n) is 3.69. The summed E-state index contributed by atoms with van der Waals surface area (Å²) in [7, 11) is 0. The van der Waals surface area contributed by atoms with Crippen LogP contribution in [-0.2, 0) is 6.42 Å². The summed E-state index contributed by atoms with van der Waals surface area (Å²) in [6.07, 6.45) is 1.09. The van der Waals surface area contributed by atoms with E-state index in [-0.39, 0.29) is 4.58 Å². The first kappa shape index (κ1) is 9.01. The minimum atomic E-state index is 0.0425. The fourth-order valence-electron chi connectivity index (χ4n) is 0.925. The lowest BCUT2D eigenvalue weighted by Gasteiger charge is -2.03. The largest absolute Gasteiger partial charge is 0.160 e. The zero-order valence-corrected chi connectivity index (χ0v) is 8.28. The van der Waals surface area contributed by atoms with Crippen molar-refractivity contribution < 1.29 is 0 Å². The molecule has 0 aliphatic rings. The van der Waals surface area contributed by atoms with Gasteiger partial charge in [0, 0.05) is 0 Å². The van der Waals surface area contributed by atoms with Crippen LogP contribution in [0.25, 0.3) is 0 Å². The summed E-state index contributed by atoms with van der Waals surface area (Å²) < 4.78 is 0.0425. The monoisotopic (exact) mass is 184 g/mol. The average Bonchev–Trinajstić information content (AvgIpc) is 2.05. The maximum absolute atomic E-state index is 4.22. The summed E-state index contributed by atoms with van der Waals surface area (Å²) in [4.78, 5) is 0. The van der Waals surface area contributed by atoms with Gasteiger partial charge in [-0.05, 0) is 17.5 Å². The van der Waals surface area contributed by atoms with Crippen molar-refractivity contribution in [1.82, 2.24) is 0 Å². The molecule has 0 spiro atoms. The lowest BCUT2D eigenvalue weighted by atomic mass is 10.1. The van der Waals surface area contributed by atoms with Crippen LogP contribution >= 0.6 is 25.3 Å². The van der Waals surface area contributed by atoms with Gasteiger partial charge in [0.25, 0.3) is 0 Å². The Morgan fingerprint density at radius 2 is 1.73 bits per heavy atom. The fraction of sp³-hybridized carbons (Fsp3) is 0.333. The average molecular weight is 184 g/mol. The van der Waals surface area contributed by atoms with Gasteiger partial charge in [-0.1, -0.05) is 31.2 Å². The Hall–Kier alpha value is -0.0800. The predicted molar refractivity (Wildman–Crippen MR) is 56.5 cm³/mol.